The maximum Gasteiger partial charge on any atom is 0.279 e. The molecule has 26 heavy (non-hydrogen) atoms. The van der Waals surface area contributed by atoms with Crippen molar-refractivity contribution in [3.05, 3.63) is 77.6 Å². The number of nitrogens with one attached hydrogen (secondary N) is 2. The molecule has 134 valence electrons. The molecule has 0 aliphatic rings. The highest BCUT2D eigenvalue weighted by Crippen LogP contribution is 2.16. The van der Waals surface area contributed by atoms with Crippen LogP contribution in [-0.2, 0) is 11.3 Å². The van der Waals surface area contributed by atoms with Crippen molar-refractivity contribution in [1.82, 2.24) is 9.78 Å². The van der Waals surface area contributed by atoms with Crippen LogP contribution in [0.15, 0.2) is 60.7 Å². The molecule has 3 aromatic rings. The summed E-state index contributed by atoms with van der Waals surface area (Å²) in [6.45, 7) is 5.27. The van der Waals surface area contributed by atoms with E-state index in [1.54, 1.807) is 0 Å². The van der Waals surface area contributed by atoms with E-state index in [1.807, 2.05) is 79.3 Å². The number of amides is 1. The molecule has 0 aliphatic carbocycles. The first-order valence-electron chi connectivity index (χ1n) is 8.81. The molecule has 0 spiro atoms. The molecule has 0 fully saturated rings. The van der Waals surface area contributed by atoms with E-state index in [4.69, 9.17) is 0 Å². The molecule has 1 unspecified atom stereocenters. The number of benzene rings is 2. The van der Waals surface area contributed by atoms with Gasteiger partial charge < -0.3 is 10.2 Å². The summed E-state index contributed by atoms with van der Waals surface area (Å²) in [5.41, 5.74) is 5.21. The van der Waals surface area contributed by atoms with Crippen molar-refractivity contribution in [3.8, 4) is 5.69 Å². The molecule has 1 aromatic heterocycles. The summed E-state index contributed by atoms with van der Waals surface area (Å²) in [4.78, 5) is 13.4. The van der Waals surface area contributed by atoms with Gasteiger partial charge in [-0.25, -0.2) is 4.68 Å². The lowest BCUT2D eigenvalue weighted by Crippen LogP contribution is -3.08. The van der Waals surface area contributed by atoms with Crippen LogP contribution in [0.5, 0.6) is 0 Å². The number of aromatic nitrogens is 2. The summed E-state index contributed by atoms with van der Waals surface area (Å²) in [6.07, 6.45) is 0. The van der Waals surface area contributed by atoms with Gasteiger partial charge >= 0.3 is 0 Å². The van der Waals surface area contributed by atoms with Gasteiger partial charge in [0.05, 0.1) is 29.7 Å². The van der Waals surface area contributed by atoms with Crippen LogP contribution < -0.4 is 10.2 Å². The summed E-state index contributed by atoms with van der Waals surface area (Å²) < 4.78 is 1.97. The average molecular weight is 349 g/mol. The zero-order valence-electron chi connectivity index (χ0n) is 15.5. The Morgan fingerprint density at radius 3 is 2.31 bits per heavy atom. The summed E-state index contributed by atoms with van der Waals surface area (Å²) >= 11 is 0. The summed E-state index contributed by atoms with van der Waals surface area (Å²) in [7, 11) is 2.03. The minimum absolute atomic E-state index is 0.0134. The van der Waals surface area contributed by atoms with Crippen molar-refractivity contribution in [1.29, 1.82) is 0 Å². The number of likely N-dealkylation sites (N-methyl/N-ethyl adjacent to an activating group) is 1. The highest BCUT2D eigenvalue weighted by molar-refractivity contribution is 5.91. The number of quaternary nitrogens is 1. The quantitative estimate of drug-likeness (QED) is 0.716. The zero-order valence-corrected chi connectivity index (χ0v) is 15.5. The second kappa shape index (κ2) is 7.97. The van der Waals surface area contributed by atoms with Gasteiger partial charge in [-0.1, -0.05) is 36.4 Å². The lowest BCUT2D eigenvalue weighted by atomic mass is 10.2. The smallest absolute Gasteiger partial charge is 0.279 e. The van der Waals surface area contributed by atoms with Crippen LogP contribution in [0.1, 0.15) is 17.0 Å². The molecule has 1 amide bonds. The molecule has 0 aliphatic heterocycles. The topological polar surface area (TPSA) is 51.4 Å². The molecule has 0 bridgehead atoms. The molecule has 0 radical (unpaired) electrons. The molecule has 1 atom stereocenters. The van der Waals surface area contributed by atoms with E-state index < -0.39 is 0 Å². The van der Waals surface area contributed by atoms with E-state index in [2.05, 4.69) is 17.3 Å². The van der Waals surface area contributed by atoms with Gasteiger partial charge in [-0.15, -0.1) is 0 Å². The van der Waals surface area contributed by atoms with Gasteiger partial charge in [0.1, 0.15) is 6.54 Å². The Morgan fingerprint density at radius 1 is 1.04 bits per heavy atom. The van der Waals surface area contributed by atoms with Crippen LogP contribution >= 0.6 is 0 Å². The normalized spacial score (nSPS) is 12.0. The third kappa shape index (κ3) is 4.18. The van der Waals surface area contributed by atoms with Gasteiger partial charge in [0.15, 0.2) is 6.54 Å². The van der Waals surface area contributed by atoms with Gasteiger partial charge in [-0.3, -0.25) is 4.79 Å². The fourth-order valence-corrected chi connectivity index (χ4v) is 3.12. The second-order valence-electron chi connectivity index (χ2n) is 6.62. The third-order valence-corrected chi connectivity index (χ3v) is 4.44. The highest BCUT2D eigenvalue weighted by atomic mass is 16.2. The molecule has 5 nitrogen and oxygen atoms in total. The molecule has 0 saturated heterocycles. The molecule has 3 rings (SSSR count). The number of hydrogen-bond acceptors (Lipinski definition) is 2. The largest absolute Gasteiger partial charge is 0.326 e. The molecule has 2 aromatic carbocycles. The summed E-state index contributed by atoms with van der Waals surface area (Å²) in [6, 6.07) is 19.7. The van der Waals surface area contributed by atoms with Crippen LogP contribution in [0.4, 0.5) is 5.69 Å². The van der Waals surface area contributed by atoms with Crippen molar-refractivity contribution in [2.75, 3.05) is 18.9 Å². The van der Waals surface area contributed by atoms with Crippen molar-refractivity contribution in [2.24, 2.45) is 0 Å². The number of carbonyl (C=O) groups excluding carboxylic acids is 1. The Kier molecular flexibility index (Phi) is 5.49. The number of aryl methyl sites for hydroxylation is 1. The molecular weight excluding hydrogens is 324 g/mol. The standard InChI is InChI=1S/C21H24N4O/c1-16-20(17(2)25(23-16)19-12-8-5-9-13-19)14-24(3)15-21(26)22-18-10-6-4-7-11-18/h4-13H,14-15H2,1-3H3,(H,22,26)/p+1. The van der Waals surface area contributed by atoms with E-state index in [9.17, 15) is 4.79 Å². The molecule has 2 N–H and O–H groups in total. The summed E-state index contributed by atoms with van der Waals surface area (Å²) in [5.74, 6) is 0.0134. The molecular formula is C21H25N4O+. The number of hydrogen-bond donors (Lipinski definition) is 2. The maximum absolute atomic E-state index is 12.3. The Hall–Kier alpha value is -2.92. The minimum atomic E-state index is 0.0134. The first-order chi connectivity index (χ1) is 12.5. The second-order valence-corrected chi connectivity index (χ2v) is 6.62. The van der Waals surface area contributed by atoms with Crippen LogP contribution in [0, 0.1) is 13.8 Å². The van der Waals surface area contributed by atoms with E-state index in [-0.39, 0.29) is 5.91 Å². The predicted molar refractivity (Wildman–Crippen MR) is 104 cm³/mol. The van der Waals surface area contributed by atoms with Crippen molar-refractivity contribution in [2.45, 2.75) is 20.4 Å². The van der Waals surface area contributed by atoms with Crippen LogP contribution in [-0.4, -0.2) is 29.3 Å². The zero-order chi connectivity index (χ0) is 18.5. The van der Waals surface area contributed by atoms with E-state index >= 15 is 0 Å². The van der Waals surface area contributed by atoms with E-state index in [1.165, 1.54) is 5.56 Å². The SMILES string of the molecule is Cc1nn(-c2ccccc2)c(C)c1C[NH+](C)CC(=O)Nc1ccccc1. The first-order valence-corrected chi connectivity index (χ1v) is 8.81. The van der Waals surface area contributed by atoms with Gasteiger partial charge in [0.2, 0.25) is 0 Å². The molecule has 0 saturated carbocycles. The van der Waals surface area contributed by atoms with Gasteiger partial charge in [-0.05, 0) is 38.1 Å². The fourth-order valence-electron chi connectivity index (χ4n) is 3.12. The number of rotatable bonds is 6. The van der Waals surface area contributed by atoms with Crippen molar-refractivity contribution in [3.63, 3.8) is 0 Å². The van der Waals surface area contributed by atoms with E-state index in [0.717, 1.165) is 34.2 Å². The van der Waals surface area contributed by atoms with E-state index in [0.29, 0.717) is 6.54 Å². The molecule has 1 heterocycles. The first kappa shape index (κ1) is 17.9. The molecule has 5 heteroatoms. The predicted octanol–water partition coefficient (Wildman–Crippen LogP) is 2.14. The highest BCUT2D eigenvalue weighted by Gasteiger charge is 2.18. The number of carbonyl (C=O) groups is 1. The average Bonchev–Trinajstić information content (AvgIpc) is 2.91. The lowest BCUT2D eigenvalue weighted by molar-refractivity contribution is -0.885. The third-order valence-electron chi connectivity index (χ3n) is 4.44. The lowest BCUT2D eigenvalue weighted by Gasteiger charge is -2.14. The van der Waals surface area contributed by atoms with Crippen molar-refractivity contribution < 1.29 is 9.69 Å². The van der Waals surface area contributed by atoms with Crippen molar-refractivity contribution >= 4 is 11.6 Å². The monoisotopic (exact) mass is 349 g/mol. The maximum atomic E-state index is 12.3. The minimum Gasteiger partial charge on any atom is -0.326 e. The Balaban J connectivity index is 1.67. The summed E-state index contributed by atoms with van der Waals surface area (Å²) in [5, 5.41) is 7.62. The van der Waals surface area contributed by atoms with Crippen LogP contribution in [0.3, 0.4) is 0 Å². The number of para-hydroxylation sites is 2. The van der Waals surface area contributed by atoms with Gasteiger partial charge in [0, 0.05) is 5.69 Å². The van der Waals surface area contributed by atoms with Gasteiger partial charge in [0.25, 0.3) is 5.91 Å². The fraction of sp³-hybridized carbons (Fsp3) is 0.238. The Bertz CT molecular complexity index is 872. The van der Waals surface area contributed by atoms with Gasteiger partial charge in [-0.2, -0.15) is 5.10 Å². The number of nitrogens with zero attached hydrogens (tertiary/aromatic N) is 2. The Labute approximate surface area is 154 Å². The number of anilines is 1. The van der Waals surface area contributed by atoms with Crippen LogP contribution in [0.25, 0.3) is 5.69 Å². The Morgan fingerprint density at radius 2 is 1.65 bits per heavy atom. The van der Waals surface area contributed by atoms with Crippen LogP contribution in [0.2, 0.25) is 0 Å².